The minimum Gasteiger partial charge on any atom is -0.465 e. The third-order valence-electron chi connectivity index (χ3n) is 5.33. The molecule has 0 spiro atoms. The fourth-order valence-corrected chi connectivity index (χ4v) is 5.27. The first-order valence-electron chi connectivity index (χ1n) is 12.5. The van der Waals surface area contributed by atoms with Crippen LogP contribution in [0.4, 0.5) is 5.82 Å². The monoisotopic (exact) mass is 541 g/mol. The largest absolute Gasteiger partial charge is 0.465 e. The Morgan fingerprint density at radius 2 is 1.86 bits per heavy atom. The van der Waals surface area contributed by atoms with E-state index in [9.17, 15) is 14.2 Å². The van der Waals surface area contributed by atoms with Crippen molar-refractivity contribution in [3.8, 4) is 0 Å². The molecule has 2 heterocycles. The highest BCUT2D eigenvalue weighted by atomic mass is 31.2. The number of nitrogen functional groups attached to an aromatic ring is 1. The first-order chi connectivity index (χ1) is 17.5. The highest BCUT2D eigenvalue weighted by Gasteiger charge is 2.30. The molecule has 14 heteroatoms. The molecule has 0 amide bonds. The summed E-state index contributed by atoms with van der Waals surface area (Å²) < 4.78 is 32.0. The average Bonchev–Trinajstić information content (AvgIpc) is 3.25. The van der Waals surface area contributed by atoms with Gasteiger partial charge in [-0.1, -0.05) is 20.3 Å². The van der Waals surface area contributed by atoms with Gasteiger partial charge >= 0.3 is 11.9 Å². The molecular weight excluding hydrogens is 501 g/mol. The Morgan fingerprint density at radius 1 is 1.14 bits per heavy atom. The number of imidazole rings is 1. The number of unbranched alkanes of at least 4 members (excludes halogenated alkanes) is 1. The van der Waals surface area contributed by atoms with Gasteiger partial charge in [0.1, 0.15) is 24.2 Å². The van der Waals surface area contributed by atoms with E-state index in [0.29, 0.717) is 17.7 Å². The molecule has 13 nitrogen and oxygen atoms in total. The van der Waals surface area contributed by atoms with Crippen LogP contribution in [0.25, 0.3) is 11.2 Å². The van der Waals surface area contributed by atoms with E-state index in [2.05, 4.69) is 25.1 Å². The Morgan fingerprint density at radius 3 is 2.54 bits per heavy atom. The van der Waals surface area contributed by atoms with Gasteiger partial charge in [0, 0.05) is 6.54 Å². The van der Waals surface area contributed by atoms with Crippen LogP contribution >= 0.6 is 7.44 Å². The number of nitrogens with two attached hydrogens (primary N) is 1. The zero-order valence-electron chi connectivity index (χ0n) is 22.5. The molecule has 0 aliphatic rings. The lowest BCUT2D eigenvalue weighted by Crippen LogP contribution is -2.40. The van der Waals surface area contributed by atoms with Crippen molar-refractivity contribution in [1.82, 2.24) is 29.7 Å². The summed E-state index contributed by atoms with van der Waals surface area (Å²) in [5.41, 5.74) is 6.89. The smallest absolute Gasteiger partial charge is 0.323 e. The number of esters is 2. The van der Waals surface area contributed by atoms with Crippen molar-refractivity contribution < 1.29 is 28.4 Å². The first-order valence-corrected chi connectivity index (χ1v) is 14.4. The first kappa shape index (κ1) is 30.6. The molecule has 0 bridgehead atoms. The summed E-state index contributed by atoms with van der Waals surface area (Å²) in [6.45, 7) is 11.3. The van der Waals surface area contributed by atoms with Crippen LogP contribution in [0.15, 0.2) is 12.7 Å². The molecule has 0 saturated carbocycles. The summed E-state index contributed by atoms with van der Waals surface area (Å²) in [6, 6.07) is -0.857. The van der Waals surface area contributed by atoms with Crippen molar-refractivity contribution in [1.29, 1.82) is 0 Å². The number of nitrogens with one attached hydrogen (secondary N) is 2. The average molecular weight is 542 g/mol. The normalized spacial score (nSPS) is 15.8. The van der Waals surface area contributed by atoms with Crippen molar-refractivity contribution in [2.75, 3.05) is 25.2 Å². The molecule has 0 radical (unpaired) electrons. The van der Waals surface area contributed by atoms with Crippen LogP contribution in [0.5, 0.6) is 0 Å². The second kappa shape index (κ2) is 14.4. The van der Waals surface area contributed by atoms with Crippen molar-refractivity contribution in [3.63, 3.8) is 0 Å². The van der Waals surface area contributed by atoms with Crippen LogP contribution in [0.1, 0.15) is 54.4 Å². The van der Waals surface area contributed by atoms with E-state index in [1.54, 1.807) is 38.6 Å². The number of carbonyl (C=O) groups excluding carboxylic acids is 2. The molecular formula is C23H40N7O6P. The minimum absolute atomic E-state index is 0.0630. The molecule has 2 rings (SSSR count). The molecule has 37 heavy (non-hydrogen) atoms. The zero-order valence-corrected chi connectivity index (χ0v) is 23.4. The number of fused-ring (bicyclic) bond motifs is 1. The van der Waals surface area contributed by atoms with Gasteiger partial charge in [0.2, 0.25) is 7.44 Å². The standard InChI is InChI=1S/C23H40N7O6P/c1-7-8-9-34-23(32)18(6)29-37(33,28-10-16(4)22(31)36-15(2)3)14-35-17(5)11-30-13-27-19-20(24)25-12-26-21(19)30/h12-13,15-18H,7-11,14H2,1-6H3,(H2,24,25,26)(H2,28,29,33). The third kappa shape index (κ3) is 9.66. The van der Waals surface area contributed by atoms with Gasteiger partial charge in [-0.2, -0.15) is 0 Å². The van der Waals surface area contributed by atoms with Crippen molar-refractivity contribution in [2.24, 2.45) is 5.92 Å². The fraction of sp³-hybridized carbons (Fsp3) is 0.696. The lowest BCUT2D eigenvalue weighted by atomic mass is 10.2. The molecule has 2 aromatic rings. The number of aromatic nitrogens is 4. The van der Waals surface area contributed by atoms with Gasteiger partial charge in [-0.25, -0.2) is 20.0 Å². The molecule has 0 saturated heterocycles. The Kier molecular flexibility index (Phi) is 11.9. The number of rotatable bonds is 16. The maximum atomic E-state index is 13.8. The maximum absolute atomic E-state index is 13.8. The second-order valence-electron chi connectivity index (χ2n) is 9.29. The molecule has 0 fully saturated rings. The van der Waals surface area contributed by atoms with Gasteiger partial charge in [-0.15, -0.1) is 0 Å². The van der Waals surface area contributed by atoms with E-state index in [0.717, 1.165) is 12.8 Å². The number of hydrogen-bond acceptors (Lipinski definition) is 10. The van der Waals surface area contributed by atoms with Crippen molar-refractivity contribution in [2.45, 2.75) is 79.2 Å². The van der Waals surface area contributed by atoms with E-state index in [1.807, 2.05) is 13.8 Å². The Bertz CT molecular complexity index is 1080. The Hall–Kier alpha value is -2.60. The van der Waals surface area contributed by atoms with Crippen LogP contribution in [-0.4, -0.2) is 69.2 Å². The number of ether oxygens (including phenoxy) is 3. The van der Waals surface area contributed by atoms with Crippen molar-refractivity contribution in [3.05, 3.63) is 12.7 Å². The minimum atomic E-state index is -3.50. The molecule has 4 atom stereocenters. The van der Waals surface area contributed by atoms with Crippen molar-refractivity contribution >= 4 is 36.4 Å². The van der Waals surface area contributed by atoms with E-state index < -0.39 is 37.4 Å². The van der Waals surface area contributed by atoms with Gasteiger partial charge in [-0.3, -0.25) is 19.2 Å². The van der Waals surface area contributed by atoms with Gasteiger partial charge in [0.25, 0.3) is 0 Å². The number of carbonyl (C=O) groups is 2. The summed E-state index contributed by atoms with van der Waals surface area (Å²) in [5, 5.41) is 5.75. The fourth-order valence-electron chi connectivity index (χ4n) is 3.25. The summed E-state index contributed by atoms with van der Waals surface area (Å²) in [4.78, 5) is 37.0. The van der Waals surface area contributed by atoms with Crippen LogP contribution in [0.3, 0.4) is 0 Å². The van der Waals surface area contributed by atoms with Gasteiger partial charge < -0.3 is 24.5 Å². The topological polar surface area (TPSA) is 173 Å². The van der Waals surface area contributed by atoms with Gasteiger partial charge in [-0.05, 0) is 34.1 Å². The van der Waals surface area contributed by atoms with E-state index in [-0.39, 0.29) is 31.4 Å². The van der Waals surface area contributed by atoms with Gasteiger partial charge in [0.15, 0.2) is 11.5 Å². The maximum Gasteiger partial charge on any atom is 0.323 e. The number of hydrogen-bond donors (Lipinski definition) is 3. The summed E-state index contributed by atoms with van der Waals surface area (Å²) >= 11 is 0. The zero-order chi connectivity index (χ0) is 27.6. The predicted molar refractivity (Wildman–Crippen MR) is 140 cm³/mol. The molecule has 208 valence electrons. The summed E-state index contributed by atoms with van der Waals surface area (Å²) in [7, 11) is -3.50. The predicted octanol–water partition coefficient (Wildman–Crippen LogP) is 2.46. The summed E-state index contributed by atoms with van der Waals surface area (Å²) in [6.07, 6.45) is 3.66. The Balaban J connectivity index is 2.06. The van der Waals surface area contributed by atoms with Crippen LogP contribution in [0.2, 0.25) is 0 Å². The SMILES string of the molecule is CCCCOC(=O)C(C)NP(=O)(COC(C)Cn1cnc2c(N)ncnc21)NCC(C)C(=O)OC(C)C. The second-order valence-corrected chi connectivity index (χ2v) is 11.6. The number of nitrogens with zero attached hydrogens (tertiary/aromatic N) is 4. The van der Waals surface area contributed by atoms with E-state index in [1.165, 1.54) is 6.33 Å². The molecule has 4 unspecified atom stereocenters. The van der Waals surface area contributed by atoms with E-state index in [4.69, 9.17) is 19.9 Å². The van der Waals surface area contributed by atoms with Crippen LogP contribution < -0.4 is 15.9 Å². The number of anilines is 1. The molecule has 0 aromatic carbocycles. The van der Waals surface area contributed by atoms with Gasteiger partial charge in [0.05, 0.1) is 37.6 Å². The lowest BCUT2D eigenvalue weighted by molar-refractivity contribution is -0.151. The highest BCUT2D eigenvalue weighted by molar-refractivity contribution is 7.59. The van der Waals surface area contributed by atoms with Crippen LogP contribution in [-0.2, 0) is 34.9 Å². The Labute approximate surface area is 217 Å². The summed E-state index contributed by atoms with van der Waals surface area (Å²) in [5.74, 6) is -1.22. The quantitative estimate of drug-likeness (QED) is 0.161. The highest BCUT2D eigenvalue weighted by Crippen LogP contribution is 2.37. The molecule has 4 N–H and O–H groups in total. The van der Waals surface area contributed by atoms with Crippen LogP contribution in [0, 0.1) is 5.92 Å². The molecule has 2 aromatic heterocycles. The molecule has 0 aliphatic carbocycles. The third-order valence-corrected chi connectivity index (χ3v) is 7.34. The van der Waals surface area contributed by atoms with E-state index >= 15 is 0 Å². The lowest BCUT2D eigenvalue weighted by Gasteiger charge is -2.26. The molecule has 0 aliphatic heterocycles.